The second-order valence-electron chi connectivity index (χ2n) is 9.37. The molecule has 0 fully saturated rings. The summed E-state index contributed by atoms with van der Waals surface area (Å²) in [6.45, 7) is -2.54. The first kappa shape index (κ1) is 22.5. The van der Waals surface area contributed by atoms with E-state index in [0.717, 1.165) is 11.0 Å². The molecule has 0 N–H and O–H groups in total. The third-order valence-electron chi connectivity index (χ3n) is 6.97. The smallest absolute Gasteiger partial charge is 0.411 e. The van der Waals surface area contributed by atoms with Crippen molar-refractivity contribution in [3.8, 4) is 23.1 Å². The molecule has 0 saturated carbocycles. The van der Waals surface area contributed by atoms with Crippen LogP contribution >= 0.6 is 0 Å². The number of aryl methyl sites for hydroxylation is 1. The summed E-state index contributed by atoms with van der Waals surface area (Å²) in [5.74, 6) is 1.08. The van der Waals surface area contributed by atoms with Crippen molar-refractivity contribution in [3.05, 3.63) is 132 Å². The van der Waals surface area contributed by atoms with Crippen LogP contribution in [0.2, 0.25) is 0 Å². The summed E-state index contributed by atoms with van der Waals surface area (Å²) >= 11 is 0. The van der Waals surface area contributed by atoms with Gasteiger partial charge in [0.15, 0.2) is 0 Å². The van der Waals surface area contributed by atoms with Gasteiger partial charge in [0.05, 0.1) is 11.6 Å². The first-order valence-electron chi connectivity index (χ1n) is 14.3. The van der Waals surface area contributed by atoms with Gasteiger partial charge in [-0.15, -0.1) is 12.1 Å². The molecule has 0 spiro atoms. The van der Waals surface area contributed by atoms with Crippen molar-refractivity contribution >= 4 is 33.1 Å². The summed E-state index contributed by atoms with van der Waals surface area (Å²) in [7, 11) is 0. The molecular formula is C32H20N8OPt. The fourth-order valence-electron chi connectivity index (χ4n) is 5.16. The molecule has 0 amide bonds. The number of aromatic nitrogens is 8. The Morgan fingerprint density at radius 2 is 1.50 bits per heavy atom. The van der Waals surface area contributed by atoms with E-state index in [9.17, 15) is 4.79 Å². The van der Waals surface area contributed by atoms with E-state index in [1.54, 1.807) is 45.7 Å². The largest absolute Gasteiger partial charge is 2.00 e. The van der Waals surface area contributed by atoms with Gasteiger partial charge in [0.25, 0.3) is 0 Å². The molecule has 0 aliphatic carbocycles. The molecule has 10 heteroatoms. The van der Waals surface area contributed by atoms with E-state index in [0.29, 0.717) is 45.2 Å². The van der Waals surface area contributed by atoms with Gasteiger partial charge in [0.2, 0.25) is 0 Å². The fraction of sp³-hybridized carbons (Fsp3) is 0.0312. The number of rotatable bonds is 4. The molecule has 3 aromatic carbocycles. The van der Waals surface area contributed by atoms with Crippen LogP contribution in [0.15, 0.2) is 108 Å². The van der Waals surface area contributed by atoms with E-state index in [1.165, 1.54) is 9.13 Å². The zero-order valence-electron chi connectivity index (χ0n) is 24.6. The fourth-order valence-corrected chi connectivity index (χ4v) is 5.16. The standard InChI is InChI=1S/C32H20N8O.Pt/c1-21-35-24-18-27-28(19-26(24)38(21)29-14-7-8-17-33-29)40(32(41)39(27)22-10-3-2-4-11-22)31-16-9-15-30(36-31)37-20-34-23-12-5-6-13-25(23)37;/h2-18H,1H3;/q-2;+2/i1D3;. The van der Waals surface area contributed by atoms with Crippen LogP contribution in [0.3, 0.4) is 0 Å². The van der Waals surface area contributed by atoms with Gasteiger partial charge in [0.1, 0.15) is 11.6 Å². The van der Waals surface area contributed by atoms with E-state index in [2.05, 4.69) is 27.3 Å². The van der Waals surface area contributed by atoms with Crippen molar-refractivity contribution in [1.82, 2.24) is 38.2 Å². The zero-order chi connectivity index (χ0) is 30.0. The average Bonchev–Trinajstić information content (AvgIpc) is 3.72. The minimum atomic E-state index is -2.54. The summed E-state index contributed by atoms with van der Waals surface area (Å²) in [5, 5.41) is 0. The molecule has 42 heavy (non-hydrogen) atoms. The molecule has 8 aromatic rings. The second kappa shape index (κ2) is 10.0. The Hall–Kier alpha value is -5.14. The molecule has 0 aliphatic heterocycles. The average molecular weight is 731 g/mol. The Kier molecular flexibility index (Phi) is 5.39. The van der Waals surface area contributed by atoms with Crippen LogP contribution in [0.1, 0.15) is 9.94 Å². The topological polar surface area (TPSA) is 88.3 Å². The van der Waals surface area contributed by atoms with E-state index in [1.807, 2.05) is 66.7 Å². The molecule has 0 saturated heterocycles. The van der Waals surface area contributed by atoms with Gasteiger partial charge >= 0.3 is 26.8 Å². The van der Waals surface area contributed by atoms with Gasteiger partial charge in [-0.05, 0) is 64.8 Å². The van der Waals surface area contributed by atoms with Crippen LogP contribution in [0.4, 0.5) is 0 Å². The number of para-hydroxylation sites is 3. The molecule has 5 aromatic heterocycles. The van der Waals surface area contributed by atoms with Crippen molar-refractivity contribution in [2.45, 2.75) is 6.85 Å². The van der Waals surface area contributed by atoms with Crippen molar-refractivity contribution in [1.29, 1.82) is 0 Å². The minimum Gasteiger partial charge on any atom is -0.411 e. The van der Waals surface area contributed by atoms with Gasteiger partial charge in [0, 0.05) is 22.3 Å². The first-order valence-corrected chi connectivity index (χ1v) is 12.8. The summed E-state index contributed by atoms with van der Waals surface area (Å²) in [5.41, 5.74) is 3.44. The van der Waals surface area contributed by atoms with Crippen LogP contribution in [-0.4, -0.2) is 38.2 Å². The monoisotopic (exact) mass is 730 g/mol. The Labute approximate surface area is 257 Å². The second-order valence-corrected chi connectivity index (χ2v) is 9.37. The molecule has 0 aliphatic rings. The number of nitrogens with zero attached hydrogens (tertiary/aromatic N) is 8. The third kappa shape index (κ3) is 3.93. The number of fused-ring (bicyclic) bond motifs is 3. The quantitative estimate of drug-likeness (QED) is 0.234. The van der Waals surface area contributed by atoms with E-state index < -0.39 is 6.85 Å². The summed E-state index contributed by atoms with van der Waals surface area (Å²) in [4.78, 5) is 32.4. The van der Waals surface area contributed by atoms with Crippen LogP contribution in [0.5, 0.6) is 0 Å². The number of imidazole rings is 3. The predicted molar refractivity (Wildman–Crippen MR) is 156 cm³/mol. The number of hydrogen-bond acceptors (Lipinski definition) is 5. The minimum absolute atomic E-state index is 0. The van der Waals surface area contributed by atoms with Crippen LogP contribution in [0, 0.1) is 19.2 Å². The molecule has 9 nitrogen and oxygen atoms in total. The Balaban J connectivity index is 0.00000325. The molecule has 0 unspecified atom stereocenters. The summed E-state index contributed by atoms with van der Waals surface area (Å²) in [6, 6.07) is 32.5. The predicted octanol–water partition coefficient (Wildman–Crippen LogP) is 5.16. The van der Waals surface area contributed by atoms with Crippen molar-refractivity contribution in [2.75, 3.05) is 0 Å². The zero-order valence-corrected chi connectivity index (χ0v) is 23.9. The van der Waals surface area contributed by atoms with Gasteiger partial charge in [-0.25, -0.2) is 9.78 Å². The van der Waals surface area contributed by atoms with Crippen molar-refractivity contribution in [3.63, 3.8) is 0 Å². The third-order valence-corrected chi connectivity index (χ3v) is 6.97. The molecule has 5 heterocycles. The van der Waals surface area contributed by atoms with E-state index in [4.69, 9.17) is 9.10 Å². The first-order chi connectivity index (χ1) is 21.4. The maximum atomic E-state index is 14.3. The maximum absolute atomic E-state index is 14.3. The molecule has 0 atom stereocenters. The maximum Gasteiger partial charge on any atom is 2.00 e. The summed E-state index contributed by atoms with van der Waals surface area (Å²) < 4.78 is 30.8. The molecule has 0 bridgehead atoms. The summed E-state index contributed by atoms with van der Waals surface area (Å²) in [6.07, 6.45) is 4.57. The molecule has 204 valence electrons. The van der Waals surface area contributed by atoms with Gasteiger partial charge in [-0.1, -0.05) is 66.2 Å². The molecular weight excluding hydrogens is 707 g/mol. The number of benzene rings is 3. The van der Waals surface area contributed by atoms with Crippen LogP contribution in [-0.2, 0) is 21.1 Å². The number of hydrogen-bond donors (Lipinski definition) is 0. The van der Waals surface area contributed by atoms with E-state index >= 15 is 0 Å². The van der Waals surface area contributed by atoms with Crippen molar-refractivity contribution in [2.24, 2.45) is 0 Å². The van der Waals surface area contributed by atoms with Gasteiger partial charge in [-0.3, -0.25) is 14.5 Å². The van der Waals surface area contributed by atoms with Gasteiger partial charge < -0.3 is 18.7 Å². The Morgan fingerprint density at radius 1 is 0.714 bits per heavy atom. The molecule has 8 rings (SSSR count). The SMILES string of the molecule is [2H]C([2H])([2H])c1nc2cc3c([c-]c2n1-c1ccccn1)n(-c1cccc(-n2[c-]nc4ccccc42)n1)c(=O)n3-c1ccccc1.[Pt+2]. The van der Waals surface area contributed by atoms with Crippen molar-refractivity contribution < 1.29 is 25.2 Å². The van der Waals surface area contributed by atoms with Crippen LogP contribution in [0.25, 0.3) is 56.2 Å². The number of pyridine rings is 2. The molecule has 0 radical (unpaired) electrons. The van der Waals surface area contributed by atoms with Gasteiger partial charge in [-0.2, -0.15) is 0 Å². The Morgan fingerprint density at radius 3 is 2.33 bits per heavy atom. The van der Waals surface area contributed by atoms with E-state index in [-0.39, 0.29) is 32.6 Å². The van der Waals surface area contributed by atoms with Crippen LogP contribution < -0.4 is 5.69 Å². The Bertz CT molecular complexity index is 2410. The normalized spacial score (nSPS) is 12.7.